The lowest BCUT2D eigenvalue weighted by Crippen LogP contribution is -2.22. The van der Waals surface area contributed by atoms with E-state index in [0.717, 1.165) is 11.8 Å². The zero-order valence-electron chi connectivity index (χ0n) is 10.6. The second-order valence-corrected chi connectivity index (χ2v) is 9.97. The molecule has 0 heterocycles. The molecule has 4 bridgehead atoms. The summed E-state index contributed by atoms with van der Waals surface area (Å²) in [6.45, 7) is 0. The van der Waals surface area contributed by atoms with Gasteiger partial charge in [-0.25, -0.2) is 0 Å². The Balaban J connectivity index is 1.31. The van der Waals surface area contributed by atoms with E-state index in [1.807, 2.05) is 0 Å². The van der Waals surface area contributed by atoms with Gasteiger partial charge in [0.15, 0.2) is 0 Å². The second kappa shape index (κ2) is 4.13. The standard InChI is InChI=1S/C14H22BS2/c1-5-13(6-2-11(1)9-13)16-15-17-14-7-3-12(10-14)4-8-14/h11-12H,1-10H2. The average Bonchev–Trinajstić information content (AvgIpc) is 3.08. The van der Waals surface area contributed by atoms with E-state index in [0.29, 0.717) is 9.49 Å². The lowest BCUT2D eigenvalue weighted by atomic mass is 10.0. The average molecular weight is 265 g/mol. The lowest BCUT2D eigenvalue weighted by molar-refractivity contribution is 0.500. The minimum absolute atomic E-state index is 0.699. The van der Waals surface area contributed by atoms with Crippen LogP contribution in [0.25, 0.3) is 0 Å². The third kappa shape index (κ3) is 2.00. The van der Waals surface area contributed by atoms with Gasteiger partial charge in [0, 0.05) is 9.49 Å². The molecule has 4 aliphatic rings. The third-order valence-electron chi connectivity index (χ3n) is 5.95. The van der Waals surface area contributed by atoms with E-state index in [9.17, 15) is 0 Å². The van der Waals surface area contributed by atoms with Crippen molar-refractivity contribution in [3.05, 3.63) is 0 Å². The van der Waals surface area contributed by atoms with Gasteiger partial charge in [-0.15, -0.1) is 0 Å². The van der Waals surface area contributed by atoms with Crippen molar-refractivity contribution in [2.24, 2.45) is 11.8 Å². The summed E-state index contributed by atoms with van der Waals surface area (Å²) in [6.07, 6.45) is 15.2. The van der Waals surface area contributed by atoms with Crippen LogP contribution < -0.4 is 0 Å². The van der Waals surface area contributed by atoms with E-state index in [1.165, 1.54) is 64.2 Å². The maximum atomic E-state index is 2.57. The molecule has 0 nitrogen and oxygen atoms in total. The first-order valence-corrected chi connectivity index (χ1v) is 9.21. The number of rotatable bonds is 4. The molecule has 0 aliphatic heterocycles. The van der Waals surface area contributed by atoms with Crippen molar-refractivity contribution in [2.75, 3.05) is 0 Å². The van der Waals surface area contributed by atoms with Crippen LogP contribution in [0.3, 0.4) is 0 Å². The fourth-order valence-corrected chi connectivity index (χ4v) is 8.27. The predicted octanol–water partition coefficient (Wildman–Crippen LogP) is 4.65. The molecule has 0 aromatic carbocycles. The smallest absolute Gasteiger partial charge is 0.195 e. The van der Waals surface area contributed by atoms with E-state index >= 15 is 0 Å². The van der Waals surface area contributed by atoms with E-state index in [1.54, 1.807) is 0 Å². The third-order valence-corrected chi connectivity index (χ3v) is 8.87. The molecular weight excluding hydrogens is 243 g/mol. The molecule has 0 spiro atoms. The molecule has 0 unspecified atom stereocenters. The first-order chi connectivity index (χ1) is 8.28. The van der Waals surface area contributed by atoms with Crippen LogP contribution in [0.15, 0.2) is 0 Å². The van der Waals surface area contributed by atoms with Gasteiger partial charge in [-0.2, -0.15) is 23.2 Å². The number of hydrogen-bond acceptors (Lipinski definition) is 2. The molecule has 4 saturated carbocycles. The minimum atomic E-state index is 0.699. The number of hydrogen-bond donors (Lipinski definition) is 0. The summed E-state index contributed by atoms with van der Waals surface area (Å²) < 4.78 is 1.40. The fraction of sp³-hybridized carbons (Fsp3) is 1.00. The van der Waals surface area contributed by atoms with Crippen molar-refractivity contribution < 1.29 is 0 Å². The van der Waals surface area contributed by atoms with Crippen molar-refractivity contribution in [1.82, 2.24) is 0 Å². The number of fused-ring (bicyclic) bond motifs is 4. The predicted molar refractivity (Wildman–Crippen MR) is 79.5 cm³/mol. The van der Waals surface area contributed by atoms with Crippen molar-refractivity contribution in [3.63, 3.8) is 0 Å². The van der Waals surface area contributed by atoms with Crippen LogP contribution >= 0.6 is 23.2 Å². The minimum Gasteiger partial charge on any atom is -0.195 e. The Labute approximate surface area is 114 Å². The lowest BCUT2D eigenvalue weighted by Gasteiger charge is -2.30. The van der Waals surface area contributed by atoms with E-state index < -0.39 is 0 Å². The normalized spacial score (nSPS) is 51.3. The van der Waals surface area contributed by atoms with Gasteiger partial charge in [-0.05, 0) is 76.0 Å². The molecule has 0 atom stereocenters. The summed E-state index contributed by atoms with van der Waals surface area (Å²) >= 11 is 4.46. The van der Waals surface area contributed by atoms with E-state index in [-0.39, 0.29) is 0 Å². The van der Waals surface area contributed by atoms with Crippen LogP contribution in [0.2, 0.25) is 0 Å². The summed E-state index contributed by atoms with van der Waals surface area (Å²) in [6, 6.07) is 0. The van der Waals surface area contributed by atoms with Crippen molar-refractivity contribution >= 4 is 29.1 Å². The van der Waals surface area contributed by atoms with Crippen LogP contribution in [0.5, 0.6) is 0 Å². The van der Waals surface area contributed by atoms with E-state index in [2.05, 4.69) is 29.1 Å². The van der Waals surface area contributed by atoms with Gasteiger partial charge in [0.1, 0.15) is 0 Å². The first kappa shape index (κ1) is 11.6. The van der Waals surface area contributed by atoms with Gasteiger partial charge < -0.3 is 0 Å². The van der Waals surface area contributed by atoms with Crippen LogP contribution in [-0.2, 0) is 0 Å². The summed E-state index contributed by atoms with van der Waals surface area (Å²) in [5, 5.41) is 0. The molecule has 93 valence electrons. The quantitative estimate of drug-likeness (QED) is 0.678. The fourth-order valence-electron chi connectivity index (χ4n) is 4.84. The van der Waals surface area contributed by atoms with Gasteiger partial charge in [-0.3, -0.25) is 0 Å². The summed E-state index contributed by atoms with van der Waals surface area (Å²) in [5.74, 6) is 4.77. The molecule has 4 rings (SSSR count). The maximum Gasteiger partial charge on any atom is 0.269 e. The highest BCUT2D eigenvalue weighted by molar-refractivity contribution is 8.51. The highest BCUT2D eigenvalue weighted by Gasteiger charge is 2.47. The molecule has 1 radical (unpaired) electrons. The molecular formula is C14H22BS2. The Hall–Kier alpha value is 0.765. The highest BCUT2D eigenvalue weighted by atomic mass is 32.2. The van der Waals surface area contributed by atoms with Crippen molar-refractivity contribution in [1.29, 1.82) is 0 Å². The Kier molecular flexibility index (Phi) is 2.81. The SMILES string of the molecule is [B](SC12CCC(CC1)C2)SC12CCC(CC1)C2. The van der Waals surface area contributed by atoms with Gasteiger partial charge in [0.2, 0.25) is 0 Å². The van der Waals surface area contributed by atoms with Crippen molar-refractivity contribution in [3.8, 4) is 0 Å². The molecule has 0 saturated heterocycles. The van der Waals surface area contributed by atoms with Gasteiger partial charge in [0.25, 0.3) is 5.84 Å². The van der Waals surface area contributed by atoms with Crippen LogP contribution in [0.1, 0.15) is 64.2 Å². The monoisotopic (exact) mass is 265 g/mol. The summed E-state index contributed by atoms with van der Waals surface area (Å²) in [5.41, 5.74) is 0. The topological polar surface area (TPSA) is 0 Å². The Bertz CT molecular complexity index is 271. The largest absolute Gasteiger partial charge is 0.269 e. The van der Waals surface area contributed by atoms with Crippen LogP contribution in [-0.4, -0.2) is 15.3 Å². The molecule has 3 heteroatoms. The molecule has 4 aliphatic carbocycles. The Morgan fingerprint density at radius 1 is 0.706 bits per heavy atom. The molecule has 4 fully saturated rings. The van der Waals surface area contributed by atoms with Crippen molar-refractivity contribution in [2.45, 2.75) is 73.7 Å². The summed E-state index contributed by atoms with van der Waals surface area (Å²) in [4.78, 5) is 0. The molecule has 0 aromatic heterocycles. The van der Waals surface area contributed by atoms with Gasteiger partial charge in [-0.1, -0.05) is 0 Å². The second-order valence-electron chi connectivity index (χ2n) is 6.99. The molecule has 0 amide bonds. The molecule has 17 heavy (non-hydrogen) atoms. The first-order valence-electron chi connectivity index (χ1n) is 7.45. The highest BCUT2D eigenvalue weighted by Crippen LogP contribution is 2.59. The maximum absolute atomic E-state index is 2.57. The van der Waals surface area contributed by atoms with Crippen LogP contribution in [0, 0.1) is 11.8 Å². The Morgan fingerprint density at radius 2 is 1.12 bits per heavy atom. The summed E-state index contributed by atoms with van der Waals surface area (Å²) in [7, 11) is 0. The van der Waals surface area contributed by atoms with E-state index in [4.69, 9.17) is 0 Å². The zero-order valence-corrected chi connectivity index (χ0v) is 12.3. The zero-order chi connectivity index (χ0) is 11.3. The van der Waals surface area contributed by atoms with Gasteiger partial charge in [0.05, 0.1) is 0 Å². The Morgan fingerprint density at radius 3 is 1.41 bits per heavy atom. The molecule has 0 N–H and O–H groups in total. The molecule has 0 aromatic rings. The van der Waals surface area contributed by atoms with Gasteiger partial charge >= 0.3 is 0 Å². The van der Waals surface area contributed by atoms with Crippen LogP contribution in [0.4, 0.5) is 0 Å².